The summed E-state index contributed by atoms with van der Waals surface area (Å²) in [4.78, 5) is 72.5. The average Bonchev–Trinajstić information content (AvgIpc) is 3.07. The van der Waals surface area contributed by atoms with Gasteiger partial charge in [0.15, 0.2) is 12.2 Å². The lowest BCUT2D eigenvalue weighted by Crippen LogP contribution is -2.30. The second-order valence-electron chi connectivity index (χ2n) is 27.3. The highest BCUT2D eigenvalue weighted by Crippen LogP contribution is 2.45. The highest BCUT2D eigenvalue weighted by molar-refractivity contribution is 7.47. The van der Waals surface area contributed by atoms with Crippen LogP contribution in [0.5, 0.6) is 0 Å². The summed E-state index contributed by atoms with van der Waals surface area (Å²) in [6.45, 7) is 14.0. The van der Waals surface area contributed by atoms with Gasteiger partial charge in [0.1, 0.15) is 19.3 Å². The minimum absolute atomic E-state index is 0.102. The molecule has 0 saturated heterocycles. The van der Waals surface area contributed by atoms with Crippen LogP contribution in [0.4, 0.5) is 0 Å². The highest BCUT2D eigenvalue weighted by Gasteiger charge is 2.30. The maximum absolute atomic E-state index is 13.0. The van der Waals surface area contributed by atoms with E-state index in [0.29, 0.717) is 31.6 Å². The van der Waals surface area contributed by atoms with E-state index in [2.05, 4.69) is 55.4 Å². The van der Waals surface area contributed by atoms with Crippen LogP contribution >= 0.6 is 15.6 Å². The predicted molar refractivity (Wildman–Crippen MR) is 363 cm³/mol. The Morgan fingerprint density at radius 1 is 0.311 bits per heavy atom. The van der Waals surface area contributed by atoms with Crippen molar-refractivity contribution in [3.8, 4) is 0 Å². The first-order chi connectivity index (χ1) is 43.1. The number of esters is 4. The van der Waals surface area contributed by atoms with Gasteiger partial charge in [-0.3, -0.25) is 37.3 Å². The van der Waals surface area contributed by atoms with Crippen LogP contribution in [0.25, 0.3) is 0 Å². The zero-order valence-corrected chi connectivity index (χ0v) is 60.6. The Morgan fingerprint density at radius 3 is 0.789 bits per heavy atom. The number of ether oxygens (including phenoxy) is 4. The first-order valence-electron chi connectivity index (χ1n) is 36.7. The molecule has 0 aromatic heterocycles. The smallest absolute Gasteiger partial charge is 0.462 e. The molecule has 0 aliphatic carbocycles. The van der Waals surface area contributed by atoms with Crippen molar-refractivity contribution in [2.75, 3.05) is 39.6 Å². The molecule has 17 nitrogen and oxygen atoms in total. The standard InChI is InChI=1S/C71H138O17P2/c1-9-64(8)50-42-34-29-30-38-46-54-71(76)88-67(58-81-68(73)51-43-35-26-21-20-24-32-40-48-62(4)5)60-86-90(79,80)84-56-65(72)55-83-89(77,78)85-59-66(57-82-69(74)52-44-36-28-22-25-33-41-49-63(6)7)87-70(75)53-45-37-27-19-17-15-13-11-10-12-14-16-18-23-31-39-47-61(2)3/h61-67,72H,9-60H2,1-8H3,(H,77,78)(H,79,80)/t64?,65?,66-,67-/m1/s1. The SMILES string of the molecule is CCC(C)CCCCCCCCC(=O)O[C@H](COC(=O)CCCCCCCCCCC(C)C)COP(=O)(O)OCC(O)COP(=O)(O)OC[C@@H](COC(=O)CCCCCCCCCC(C)C)OC(=O)CCCCCCCCCCCCCCCCCCC(C)C. The zero-order chi connectivity index (χ0) is 66.8. The number of carbonyl (C=O) groups excluding carboxylic acids is 4. The van der Waals surface area contributed by atoms with Gasteiger partial charge in [-0.2, -0.15) is 0 Å². The molecule has 0 saturated carbocycles. The van der Waals surface area contributed by atoms with Crippen molar-refractivity contribution in [1.82, 2.24) is 0 Å². The molecule has 0 aliphatic rings. The molecule has 0 aliphatic heterocycles. The van der Waals surface area contributed by atoms with Crippen molar-refractivity contribution < 1.29 is 80.2 Å². The number of aliphatic hydroxyl groups is 1. The van der Waals surface area contributed by atoms with E-state index in [1.807, 2.05) is 0 Å². The summed E-state index contributed by atoms with van der Waals surface area (Å²) in [6.07, 6.45) is 43.3. The molecule has 0 bridgehead atoms. The maximum Gasteiger partial charge on any atom is 0.472 e. The molecular weight excluding hydrogens is 1190 g/mol. The van der Waals surface area contributed by atoms with Crippen molar-refractivity contribution >= 4 is 39.5 Å². The van der Waals surface area contributed by atoms with Gasteiger partial charge in [-0.05, 0) is 49.4 Å². The first-order valence-corrected chi connectivity index (χ1v) is 39.7. The lowest BCUT2D eigenvalue weighted by atomic mass is 10.00. The minimum Gasteiger partial charge on any atom is -0.462 e. The summed E-state index contributed by atoms with van der Waals surface area (Å²) >= 11 is 0. The summed E-state index contributed by atoms with van der Waals surface area (Å²) in [5.41, 5.74) is 0. The Bertz CT molecular complexity index is 1780. The fourth-order valence-corrected chi connectivity index (χ4v) is 12.2. The Balaban J connectivity index is 5.20. The van der Waals surface area contributed by atoms with E-state index in [9.17, 15) is 43.2 Å². The van der Waals surface area contributed by atoms with Crippen LogP contribution in [0.15, 0.2) is 0 Å². The summed E-state index contributed by atoms with van der Waals surface area (Å²) in [5, 5.41) is 10.6. The van der Waals surface area contributed by atoms with Crippen LogP contribution in [-0.4, -0.2) is 96.7 Å². The zero-order valence-electron chi connectivity index (χ0n) is 58.8. The van der Waals surface area contributed by atoms with Crippen molar-refractivity contribution in [3.63, 3.8) is 0 Å². The van der Waals surface area contributed by atoms with E-state index < -0.39 is 97.5 Å². The molecule has 0 aromatic rings. The molecule has 0 spiro atoms. The Labute approximate surface area is 549 Å². The van der Waals surface area contributed by atoms with Crippen LogP contribution in [0.1, 0.15) is 351 Å². The topological polar surface area (TPSA) is 237 Å². The number of unbranched alkanes of at least 4 members (excludes halogenated alkanes) is 33. The third-order valence-corrected chi connectivity index (χ3v) is 18.6. The van der Waals surface area contributed by atoms with Crippen molar-refractivity contribution in [3.05, 3.63) is 0 Å². The van der Waals surface area contributed by atoms with E-state index in [0.717, 1.165) is 114 Å². The van der Waals surface area contributed by atoms with Crippen molar-refractivity contribution in [2.45, 2.75) is 369 Å². The molecule has 0 radical (unpaired) electrons. The molecule has 0 rings (SSSR count). The fourth-order valence-electron chi connectivity index (χ4n) is 10.6. The largest absolute Gasteiger partial charge is 0.472 e. The van der Waals surface area contributed by atoms with Crippen LogP contribution in [0.3, 0.4) is 0 Å². The van der Waals surface area contributed by atoms with Gasteiger partial charge in [-0.25, -0.2) is 9.13 Å². The lowest BCUT2D eigenvalue weighted by molar-refractivity contribution is -0.161. The third-order valence-electron chi connectivity index (χ3n) is 16.7. The summed E-state index contributed by atoms with van der Waals surface area (Å²) in [7, 11) is -9.90. The number of hydrogen-bond acceptors (Lipinski definition) is 15. The molecule has 90 heavy (non-hydrogen) atoms. The number of phosphoric ester groups is 2. The predicted octanol–water partition coefficient (Wildman–Crippen LogP) is 20.1. The molecule has 0 fully saturated rings. The molecule has 19 heteroatoms. The molecule has 0 amide bonds. The lowest BCUT2D eigenvalue weighted by Gasteiger charge is -2.21. The molecule has 6 atom stereocenters. The number of hydrogen-bond donors (Lipinski definition) is 3. The second kappa shape index (κ2) is 60.7. The van der Waals surface area contributed by atoms with E-state index in [-0.39, 0.29) is 25.7 Å². The average molecular weight is 1330 g/mol. The van der Waals surface area contributed by atoms with Gasteiger partial charge in [0.05, 0.1) is 26.4 Å². The van der Waals surface area contributed by atoms with Crippen LogP contribution in [0, 0.1) is 23.7 Å². The fraction of sp³-hybridized carbons (Fsp3) is 0.944. The van der Waals surface area contributed by atoms with Gasteiger partial charge in [0.25, 0.3) is 0 Å². The van der Waals surface area contributed by atoms with Gasteiger partial charge >= 0.3 is 39.5 Å². The molecule has 0 aromatic carbocycles. The molecule has 0 heterocycles. The van der Waals surface area contributed by atoms with Gasteiger partial charge in [-0.1, -0.05) is 299 Å². The highest BCUT2D eigenvalue weighted by atomic mass is 31.2. The molecule has 4 unspecified atom stereocenters. The van der Waals surface area contributed by atoms with Crippen LogP contribution in [0.2, 0.25) is 0 Å². The van der Waals surface area contributed by atoms with Gasteiger partial charge in [0.2, 0.25) is 0 Å². The normalized spacial score (nSPS) is 14.6. The maximum atomic E-state index is 13.0. The number of carbonyl (C=O) groups is 4. The first kappa shape index (κ1) is 88.1. The molecule has 3 N–H and O–H groups in total. The van der Waals surface area contributed by atoms with E-state index >= 15 is 0 Å². The third kappa shape index (κ3) is 63.5. The van der Waals surface area contributed by atoms with Crippen LogP contribution in [-0.2, 0) is 65.4 Å². The van der Waals surface area contributed by atoms with Crippen molar-refractivity contribution in [2.24, 2.45) is 23.7 Å². The van der Waals surface area contributed by atoms with E-state index in [1.54, 1.807) is 0 Å². The summed E-state index contributed by atoms with van der Waals surface area (Å²) in [5.74, 6) is 0.828. The van der Waals surface area contributed by atoms with E-state index in [4.69, 9.17) is 37.0 Å². The number of rotatable bonds is 68. The van der Waals surface area contributed by atoms with Crippen LogP contribution < -0.4 is 0 Å². The van der Waals surface area contributed by atoms with Gasteiger partial charge in [-0.15, -0.1) is 0 Å². The molecule has 534 valence electrons. The second-order valence-corrected chi connectivity index (χ2v) is 30.2. The number of phosphoric acid groups is 2. The Morgan fingerprint density at radius 2 is 0.533 bits per heavy atom. The van der Waals surface area contributed by atoms with Gasteiger partial charge in [0, 0.05) is 25.7 Å². The van der Waals surface area contributed by atoms with E-state index in [1.165, 1.54) is 148 Å². The monoisotopic (exact) mass is 1320 g/mol. The Kier molecular flexibility index (Phi) is 59.4. The van der Waals surface area contributed by atoms with Gasteiger partial charge < -0.3 is 33.8 Å². The Hall–Kier alpha value is -1.94. The minimum atomic E-state index is -4.95. The molecular formula is C71H138O17P2. The quantitative estimate of drug-likeness (QED) is 0.0222. The number of aliphatic hydroxyl groups excluding tert-OH is 1. The van der Waals surface area contributed by atoms with Crippen molar-refractivity contribution in [1.29, 1.82) is 0 Å². The summed E-state index contributed by atoms with van der Waals surface area (Å²) < 4.78 is 68.3. The summed E-state index contributed by atoms with van der Waals surface area (Å²) in [6, 6.07) is 0.